The number of urea groups is 1. The van der Waals surface area contributed by atoms with E-state index in [1.165, 1.54) is 25.1 Å². The molecule has 0 aliphatic rings. The van der Waals surface area contributed by atoms with E-state index < -0.39 is 24.0 Å². The van der Waals surface area contributed by atoms with E-state index in [-0.39, 0.29) is 11.3 Å². The summed E-state index contributed by atoms with van der Waals surface area (Å²) in [6, 6.07) is 3.22. The van der Waals surface area contributed by atoms with Crippen molar-refractivity contribution in [2.24, 2.45) is 5.73 Å². The van der Waals surface area contributed by atoms with Crippen molar-refractivity contribution in [3.05, 3.63) is 23.8 Å². The molecule has 0 spiro atoms. The lowest BCUT2D eigenvalue weighted by Gasteiger charge is -2.13. The summed E-state index contributed by atoms with van der Waals surface area (Å²) in [6.45, 7) is 1.30. The van der Waals surface area contributed by atoms with Crippen molar-refractivity contribution in [2.75, 3.05) is 11.5 Å². The number of nitrogens with two attached hydrogens (primary N) is 3. The Balaban J connectivity index is 2.74. The smallest absolute Gasteiger partial charge is 0.341 e. The first-order valence-electron chi connectivity index (χ1n) is 5.27. The Morgan fingerprint density at radius 3 is 2.42 bits per heavy atom. The normalized spacial score (nSPS) is 11.4. The van der Waals surface area contributed by atoms with Gasteiger partial charge in [0.1, 0.15) is 0 Å². The van der Waals surface area contributed by atoms with E-state index in [1.807, 2.05) is 0 Å². The lowest BCUT2D eigenvalue weighted by molar-refractivity contribution is -0.127. The number of primary amides is 1. The zero-order valence-corrected chi connectivity index (χ0v) is 10.2. The fourth-order valence-corrected chi connectivity index (χ4v) is 1.27. The van der Waals surface area contributed by atoms with Gasteiger partial charge in [0.25, 0.3) is 5.91 Å². The highest BCUT2D eigenvalue weighted by molar-refractivity contribution is 5.99. The first-order chi connectivity index (χ1) is 8.81. The van der Waals surface area contributed by atoms with Gasteiger partial charge in [0.2, 0.25) is 0 Å². The second kappa shape index (κ2) is 5.71. The molecule has 19 heavy (non-hydrogen) atoms. The highest BCUT2D eigenvalue weighted by Crippen LogP contribution is 2.17. The largest absolute Gasteiger partial charge is 0.449 e. The monoisotopic (exact) mass is 266 g/mol. The molecule has 0 aliphatic heterocycles. The summed E-state index contributed by atoms with van der Waals surface area (Å²) in [4.78, 5) is 33.5. The topological polar surface area (TPSA) is 151 Å². The molecule has 102 valence electrons. The minimum absolute atomic E-state index is 0.0768. The van der Waals surface area contributed by atoms with Gasteiger partial charge in [-0.1, -0.05) is 0 Å². The van der Waals surface area contributed by atoms with E-state index in [4.69, 9.17) is 21.9 Å². The molecule has 0 heterocycles. The van der Waals surface area contributed by atoms with Crippen LogP contribution in [0.25, 0.3) is 0 Å². The van der Waals surface area contributed by atoms with Gasteiger partial charge >= 0.3 is 12.0 Å². The number of nitrogen functional groups attached to an aromatic ring is 2. The fourth-order valence-electron chi connectivity index (χ4n) is 1.27. The van der Waals surface area contributed by atoms with Crippen molar-refractivity contribution in [1.82, 2.24) is 5.32 Å². The average Bonchev–Trinajstić information content (AvgIpc) is 2.27. The number of rotatable bonds is 3. The molecule has 8 heteroatoms. The Morgan fingerprint density at radius 2 is 1.89 bits per heavy atom. The number of anilines is 2. The quantitative estimate of drug-likeness (QED) is 0.431. The predicted molar refractivity (Wildman–Crippen MR) is 67.9 cm³/mol. The summed E-state index contributed by atoms with van der Waals surface area (Å²) in [7, 11) is 0. The summed E-state index contributed by atoms with van der Waals surface area (Å²) < 4.78 is 4.84. The van der Waals surface area contributed by atoms with E-state index in [1.54, 1.807) is 5.32 Å². The third kappa shape index (κ3) is 3.87. The van der Waals surface area contributed by atoms with Crippen LogP contribution in [0.1, 0.15) is 17.3 Å². The Bertz CT molecular complexity index is 529. The zero-order valence-electron chi connectivity index (χ0n) is 10.2. The molecule has 1 atom stereocenters. The highest BCUT2D eigenvalue weighted by atomic mass is 16.5. The number of imide groups is 1. The maximum absolute atomic E-state index is 11.7. The van der Waals surface area contributed by atoms with Crippen LogP contribution in [0, 0.1) is 0 Å². The standard InChI is InChI=1S/C11H14N4O4/c1-5(9(16)15-11(14)18)19-10(17)7-3-2-6(12)4-8(7)13/h2-5H,12-13H2,1H3,(H3,14,15,16,18). The fraction of sp³-hybridized carbons (Fsp3) is 0.182. The second-order valence-corrected chi connectivity index (χ2v) is 3.75. The van der Waals surface area contributed by atoms with Gasteiger partial charge in [0.15, 0.2) is 6.10 Å². The van der Waals surface area contributed by atoms with Crippen LogP contribution in [0.5, 0.6) is 0 Å². The van der Waals surface area contributed by atoms with E-state index in [2.05, 4.69) is 0 Å². The van der Waals surface area contributed by atoms with Gasteiger partial charge in [-0.3, -0.25) is 10.1 Å². The van der Waals surface area contributed by atoms with Crippen LogP contribution < -0.4 is 22.5 Å². The number of benzene rings is 1. The van der Waals surface area contributed by atoms with Gasteiger partial charge in [-0.05, 0) is 25.1 Å². The van der Waals surface area contributed by atoms with Gasteiger partial charge in [-0.15, -0.1) is 0 Å². The lowest BCUT2D eigenvalue weighted by atomic mass is 10.1. The van der Waals surface area contributed by atoms with Crippen molar-refractivity contribution >= 4 is 29.3 Å². The maximum atomic E-state index is 11.7. The van der Waals surface area contributed by atoms with Gasteiger partial charge < -0.3 is 21.9 Å². The first-order valence-corrected chi connectivity index (χ1v) is 5.27. The van der Waals surface area contributed by atoms with Crippen molar-refractivity contribution in [3.8, 4) is 0 Å². The number of hydrogen-bond acceptors (Lipinski definition) is 6. The van der Waals surface area contributed by atoms with E-state index >= 15 is 0 Å². The number of hydrogen-bond donors (Lipinski definition) is 4. The lowest BCUT2D eigenvalue weighted by Crippen LogP contribution is -2.42. The van der Waals surface area contributed by atoms with Crippen molar-refractivity contribution in [2.45, 2.75) is 13.0 Å². The summed E-state index contributed by atoms with van der Waals surface area (Å²) in [6.07, 6.45) is -1.18. The summed E-state index contributed by atoms with van der Waals surface area (Å²) in [5, 5.41) is 1.79. The Morgan fingerprint density at radius 1 is 1.26 bits per heavy atom. The summed E-state index contributed by atoms with van der Waals surface area (Å²) >= 11 is 0. The molecule has 0 fully saturated rings. The van der Waals surface area contributed by atoms with Crippen LogP contribution in [0.4, 0.5) is 16.2 Å². The van der Waals surface area contributed by atoms with Crippen LogP contribution in [-0.4, -0.2) is 24.0 Å². The predicted octanol–water partition coefficient (Wildman–Crippen LogP) is -0.409. The molecule has 1 unspecified atom stereocenters. The van der Waals surface area contributed by atoms with Gasteiger partial charge in [-0.25, -0.2) is 9.59 Å². The number of carbonyl (C=O) groups excluding carboxylic acids is 3. The molecule has 0 aromatic heterocycles. The molecule has 0 radical (unpaired) electrons. The highest BCUT2D eigenvalue weighted by Gasteiger charge is 2.21. The van der Waals surface area contributed by atoms with Crippen LogP contribution in [0.2, 0.25) is 0 Å². The molecular weight excluding hydrogens is 252 g/mol. The molecule has 0 saturated carbocycles. The van der Waals surface area contributed by atoms with Crippen molar-refractivity contribution < 1.29 is 19.1 Å². The molecule has 0 saturated heterocycles. The molecule has 0 bridgehead atoms. The van der Waals surface area contributed by atoms with Crippen LogP contribution in [0.3, 0.4) is 0 Å². The van der Waals surface area contributed by atoms with Crippen LogP contribution in [0.15, 0.2) is 18.2 Å². The number of nitrogens with one attached hydrogen (secondary N) is 1. The third-order valence-corrected chi connectivity index (χ3v) is 2.19. The van der Waals surface area contributed by atoms with E-state index in [9.17, 15) is 14.4 Å². The minimum atomic E-state index is -1.18. The van der Waals surface area contributed by atoms with Gasteiger partial charge in [0.05, 0.1) is 5.56 Å². The Kier molecular flexibility index (Phi) is 4.30. The van der Waals surface area contributed by atoms with Crippen molar-refractivity contribution in [1.29, 1.82) is 0 Å². The maximum Gasteiger partial charge on any atom is 0.341 e. The summed E-state index contributed by atoms with van der Waals surface area (Å²) in [5.74, 6) is -1.63. The van der Waals surface area contributed by atoms with Crippen molar-refractivity contribution in [3.63, 3.8) is 0 Å². The van der Waals surface area contributed by atoms with Crippen LogP contribution >= 0.6 is 0 Å². The van der Waals surface area contributed by atoms with E-state index in [0.29, 0.717) is 5.69 Å². The minimum Gasteiger partial charge on any atom is -0.449 e. The molecular formula is C11H14N4O4. The SMILES string of the molecule is CC(OC(=O)c1ccc(N)cc1N)C(=O)NC(N)=O. The number of ether oxygens (including phenoxy) is 1. The number of esters is 1. The average molecular weight is 266 g/mol. The molecule has 1 aromatic rings. The molecule has 7 N–H and O–H groups in total. The van der Waals surface area contributed by atoms with Gasteiger partial charge in [-0.2, -0.15) is 0 Å². The molecule has 8 nitrogen and oxygen atoms in total. The van der Waals surface area contributed by atoms with E-state index in [0.717, 1.165) is 0 Å². The third-order valence-electron chi connectivity index (χ3n) is 2.19. The van der Waals surface area contributed by atoms with Gasteiger partial charge in [0, 0.05) is 11.4 Å². The molecule has 3 amide bonds. The Labute approximate surface area is 108 Å². The molecule has 1 aromatic carbocycles. The van der Waals surface area contributed by atoms with Crippen LogP contribution in [-0.2, 0) is 9.53 Å². The molecule has 0 aliphatic carbocycles. The zero-order chi connectivity index (χ0) is 14.6. The Hall–Kier alpha value is -2.77. The number of amides is 3. The summed E-state index contributed by atoms with van der Waals surface area (Å²) in [5.41, 5.74) is 16.5. The molecule has 1 rings (SSSR count). The number of carbonyl (C=O) groups is 3. The second-order valence-electron chi connectivity index (χ2n) is 3.75. The first kappa shape index (κ1) is 14.3.